The molecule has 0 bridgehead atoms. The Morgan fingerprint density at radius 3 is 3.16 bits per heavy atom. The molecular formula is C13H15N5O. The van der Waals surface area contributed by atoms with E-state index >= 15 is 0 Å². The number of benzene rings is 1. The summed E-state index contributed by atoms with van der Waals surface area (Å²) in [6.45, 7) is 0.998. The summed E-state index contributed by atoms with van der Waals surface area (Å²) in [5, 5.41) is 9.98. The number of carbonyl (C=O) groups excluding carboxylic acids is 1. The number of hydrogen-bond donors (Lipinski definition) is 2. The van der Waals surface area contributed by atoms with Crippen molar-refractivity contribution in [2.45, 2.75) is 12.8 Å². The van der Waals surface area contributed by atoms with Crippen molar-refractivity contribution in [3.8, 4) is 0 Å². The first-order valence-corrected chi connectivity index (χ1v) is 6.26. The molecule has 19 heavy (non-hydrogen) atoms. The van der Waals surface area contributed by atoms with Crippen LogP contribution in [-0.4, -0.2) is 27.2 Å². The van der Waals surface area contributed by atoms with Crippen molar-refractivity contribution in [2.24, 2.45) is 7.05 Å². The third kappa shape index (κ3) is 2.29. The van der Waals surface area contributed by atoms with Crippen LogP contribution in [-0.2, 0) is 13.5 Å². The van der Waals surface area contributed by atoms with Gasteiger partial charge in [0, 0.05) is 24.8 Å². The van der Waals surface area contributed by atoms with Gasteiger partial charge in [0.1, 0.15) is 6.33 Å². The number of aryl methyl sites for hydroxylation is 2. The third-order valence-electron chi connectivity index (χ3n) is 3.24. The first kappa shape index (κ1) is 11.7. The van der Waals surface area contributed by atoms with E-state index in [9.17, 15) is 4.79 Å². The van der Waals surface area contributed by atoms with Crippen LogP contribution in [0.3, 0.4) is 0 Å². The van der Waals surface area contributed by atoms with E-state index in [1.54, 1.807) is 7.05 Å². The highest BCUT2D eigenvalue weighted by Gasteiger charge is 2.13. The van der Waals surface area contributed by atoms with E-state index in [4.69, 9.17) is 0 Å². The van der Waals surface area contributed by atoms with Gasteiger partial charge < -0.3 is 5.32 Å². The van der Waals surface area contributed by atoms with E-state index in [0.717, 1.165) is 25.1 Å². The second-order valence-corrected chi connectivity index (χ2v) is 4.56. The van der Waals surface area contributed by atoms with Gasteiger partial charge in [-0.1, -0.05) is 0 Å². The van der Waals surface area contributed by atoms with Gasteiger partial charge in [-0.2, -0.15) is 10.1 Å². The first-order chi connectivity index (χ1) is 9.24. The van der Waals surface area contributed by atoms with Gasteiger partial charge in [-0.25, -0.2) is 4.68 Å². The molecule has 6 heteroatoms. The van der Waals surface area contributed by atoms with E-state index in [-0.39, 0.29) is 5.91 Å². The Bertz CT molecular complexity index is 619. The lowest BCUT2D eigenvalue weighted by molar-refractivity contribution is 0.102. The Morgan fingerprint density at radius 2 is 2.37 bits per heavy atom. The molecule has 1 aliphatic rings. The SMILES string of the molecule is Cn1ncnc1NC(=O)c1ccc2c(c1)CCCN2. The van der Waals surface area contributed by atoms with Crippen LogP contribution in [0.2, 0.25) is 0 Å². The summed E-state index contributed by atoms with van der Waals surface area (Å²) >= 11 is 0. The molecule has 1 aliphatic heterocycles. The fourth-order valence-electron chi connectivity index (χ4n) is 2.20. The van der Waals surface area contributed by atoms with Gasteiger partial charge >= 0.3 is 0 Å². The highest BCUT2D eigenvalue weighted by atomic mass is 16.1. The molecule has 6 nitrogen and oxygen atoms in total. The summed E-state index contributed by atoms with van der Waals surface area (Å²) in [6, 6.07) is 5.72. The minimum atomic E-state index is -0.163. The lowest BCUT2D eigenvalue weighted by atomic mass is 10.0. The van der Waals surface area contributed by atoms with Gasteiger partial charge in [-0.05, 0) is 36.6 Å². The second-order valence-electron chi connectivity index (χ2n) is 4.56. The Hall–Kier alpha value is -2.37. The summed E-state index contributed by atoms with van der Waals surface area (Å²) in [5.74, 6) is 0.283. The number of nitrogens with one attached hydrogen (secondary N) is 2. The summed E-state index contributed by atoms with van der Waals surface area (Å²) in [4.78, 5) is 16.1. The minimum absolute atomic E-state index is 0.163. The zero-order chi connectivity index (χ0) is 13.2. The maximum absolute atomic E-state index is 12.1. The summed E-state index contributed by atoms with van der Waals surface area (Å²) < 4.78 is 1.53. The molecule has 0 spiro atoms. The van der Waals surface area contributed by atoms with Crippen molar-refractivity contribution in [1.82, 2.24) is 14.8 Å². The van der Waals surface area contributed by atoms with Crippen molar-refractivity contribution in [3.63, 3.8) is 0 Å². The van der Waals surface area contributed by atoms with Crippen LogP contribution in [0.4, 0.5) is 11.6 Å². The largest absolute Gasteiger partial charge is 0.385 e. The number of carbonyl (C=O) groups is 1. The van der Waals surface area contributed by atoms with E-state index in [2.05, 4.69) is 20.7 Å². The molecule has 1 aromatic heterocycles. The van der Waals surface area contributed by atoms with Crippen LogP contribution in [0.15, 0.2) is 24.5 Å². The molecule has 0 aliphatic carbocycles. The van der Waals surface area contributed by atoms with E-state index < -0.39 is 0 Å². The van der Waals surface area contributed by atoms with Crippen molar-refractivity contribution >= 4 is 17.5 Å². The Labute approximate surface area is 110 Å². The van der Waals surface area contributed by atoms with Gasteiger partial charge in [-0.3, -0.25) is 10.1 Å². The molecular weight excluding hydrogens is 242 g/mol. The van der Waals surface area contributed by atoms with Crippen LogP contribution in [0.1, 0.15) is 22.3 Å². The molecule has 0 atom stereocenters. The summed E-state index contributed by atoms with van der Waals surface area (Å²) in [7, 11) is 1.74. The fourth-order valence-corrected chi connectivity index (χ4v) is 2.20. The molecule has 2 N–H and O–H groups in total. The maximum Gasteiger partial charge on any atom is 0.258 e. The van der Waals surface area contributed by atoms with Crippen molar-refractivity contribution in [2.75, 3.05) is 17.2 Å². The number of rotatable bonds is 2. The number of hydrogen-bond acceptors (Lipinski definition) is 4. The predicted octanol–water partition coefficient (Wildman–Crippen LogP) is 1.43. The Balaban J connectivity index is 1.82. The van der Waals surface area contributed by atoms with Gasteiger partial charge in [0.05, 0.1) is 0 Å². The zero-order valence-corrected chi connectivity index (χ0v) is 10.7. The standard InChI is InChI=1S/C13H15N5O/c1-18-13(15-8-16-18)17-12(19)10-4-5-11-9(7-10)3-2-6-14-11/h4-5,7-8,14H,2-3,6H2,1H3,(H,15,16,17,19). The molecule has 1 amide bonds. The summed E-state index contributed by atoms with van der Waals surface area (Å²) in [6.07, 6.45) is 3.52. The van der Waals surface area contributed by atoms with E-state index in [0.29, 0.717) is 11.5 Å². The lowest BCUT2D eigenvalue weighted by Crippen LogP contribution is -2.17. The van der Waals surface area contributed by atoms with Crippen molar-refractivity contribution in [1.29, 1.82) is 0 Å². The van der Waals surface area contributed by atoms with Gasteiger partial charge in [0.25, 0.3) is 5.91 Å². The number of anilines is 2. The average Bonchev–Trinajstić information content (AvgIpc) is 2.84. The number of nitrogens with zero attached hydrogens (tertiary/aromatic N) is 3. The minimum Gasteiger partial charge on any atom is -0.385 e. The van der Waals surface area contributed by atoms with Gasteiger partial charge in [-0.15, -0.1) is 0 Å². The quantitative estimate of drug-likeness (QED) is 0.853. The molecule has 2 aromatic rings. The van der Waals surface area contributed by atoms with E-state index in [1.807, 2.05) is 18.2 Å². The molecule has 98 valence electrons. The molecule has 3 rings (SSSR count). The van der Waals surface area contributed by atoms with E-state index in [1.165, 1.54) is 16.6 Å². The Morgan fingerprint density at radius 1 is 1.47 bits per heavy atom. The molecule has 0 saturated heterocycles. The summed E-state index contributed by atoms with van der Waals surface area (Å²) in [5.41, 5.74) is 2.96. The lowest BCUT2D eigenvalue weighted by Gasteiger charge is -2.18. The van der Waals surface area contributed by atoms with Crippen LogP contribution >= 0.6 is 0 Å². The van der Waals surface area contributed by atoms with Crippen LogP contribution in [0, 0.1) is 0 Å². The highest BCUT2D eigenvalue weighted by molar-refractivity contribution is 6.03. The maximum atomic E-state index is 12.1. The molecule has 0 radical (unpaired) electrons. The molecule has 2 heterocycles. The van der Waals surface area contributed by atoms with Crippen molar-refractivity contribution in [3.05, 3.63) is 35.7 Å². The van der Waals surface area contributed by atoms with Crippen LogP contribution < -0.4 is 10.6 Å². The molecule has 0 saturated carbocycles. The molecule has 0 fully saturated rings. The second kappa shape index (κ2) is 4.72. The van der Waals surface area contributed by atoms with Crippen molar-refractivity contribution < 1.29 is 4.79 Å². The first-order valence-electron chi connectivity index (χ1n) is 6.26. The van der Waals surface area contributed by atoms with Gasteiger partial charge in [0.15, 0.2) is 0 Å². The fraction of sp³-hybridized carbons (Fsp3) is 0.308. The third-order valence-corrected chi connectivity index (χ3v) is 3.24. The van der Waals surface area contributed by atoms with Crippen LogP contribution in [0.5, 0.6) is 0 Å². The number of aromatic nitrogens is 3. The zero-order valence-electron chi connectivity index (χ0n) is 10.7. The predicted molar refractivity (Wildman–Crippen MR) is 72.2 cm³/mol. The highest BCUT2D eigenvalue weighted by Crippen LogP contribution is 2.23. The Kier molecular flexibility index (Phi) is 2.91. The molecule has 0 unspecified atom stereocenters. The normalized spacial score (nSPS) is 13.5. The number of amides is 1. The number of fused-ring (bicyclic) bond motifs is 1. The smallest absolute Gasteiger partial charge is 0.258 e. The monoisotopic (exact) mass is 257 g/mol. The van der Waals surface area contributed by atoms with Crippen LogP contribution in [0.25, 0.3) is 0 Å². The topological polar surface area (TPSA) is 71.8 Å². The average molecular weight is 257 g/mol. The van der Waals surface area contributed by atoms with Gasteiger partial charge in [0.2, 0.25) is 5.95 Å². The molecule has 1 aromatic carbocycles.